The Hall–Kier alpha value is -0.810. The number of amides is 1. The number of halogens is 2. The van der Waals surface area contributed by atoms with E-state index in [0.717, 1.165) is 32.5 Å². The third kappa shape index (κ3) is 7.43. The minimum Gasteiger partial charge on any atom is -0.352 e. The van der Waals surface area contributed by atoms with Crippen LogP contribution in [0.5, 0.6) is 0 Å². The average molecular weight is 402 g/mol. The Morgan fingerprint density at radius 3 is 2.27 bits per heavy atom. The van der Waals surface area contributed by atoms with Crippen LogP contribution >= 0.6 is 24.8 Å². The van der Waals surface area contributed by atoms with E-state index in [1.165, 1.54) is 49.9 Å². The number of nitrogens with zero attached hydrogens (tertiary/aromatic N) is 1. The minimum absolute atomic E-state index is 0. The zero-order valence-corrected chi connectivity index (χ0v) is 17.2. The lowest BCUT2D eigenvalue weighted by molar-refractivity contribution is -0.125. The molecule has 2 heterocycles. The molecule has 0 radical (unpaired) electrons. The molecule has 2 aliphatic rings. The van der Waals surface area contributed by atoms with E-state index in [-0.39, 0.29) is 36.6 Å². The lowest BCUT2D eigenvalue weighted by Crippen LogP contribution is -2.40. The van der Waals surface area contributed by atoms with Crippen LogP contribution in [-0.2, 0) is 17.9 Å². The molecule has 0 aromatic heterocycles. The van der Waals surface area contributed by atoms with Crippen LogP contribution < -0.4 is 10.6 Å². The summed E-state index contributed by atoms with van der Waals surface area (Å²) in [5.74, 6) is 0.330. The molecule has 1 atom stereocenters. The lowest BCUT2D eigenvalue weighted by Gasteiger charge is -2.22. The van der Waals surface area contributed by atoms with Gasteiger partial charge in [-0.05, 0) is 56.4 Å². The first-order chi connectivity index (χ1) is 11.8. The molecule has 148 valence electrons. The molecule has 1 amide bonds. The third-order valence-corrected chi connectivity index (χ3v) is 5.26. The van der Waals surface area contributed by atoms with E-state index in [1.54, 1.807) is 0 Å². The molecule has 2 aliphatic heterocycles. The Balaban J connectivity index is 0.00000169. The van der Waals surface area contributed by atoms with E-state index < -0.39 is 0 Å². The second-order valence-corrected chi connectivity index (χ2v) is 7.27. The third-order valence-electron chi connectivity index (χ3n) is 5.26. The fourth-order valence-electron chi connectivity index (χ4n) is 3.72. The molecular formula is C20H33Cl2N3O. The Morgan fingerprint density at radius 1 is 1.00 bits per heavy atom. The van der Waals surface area contributed by atoms with Crippen molar-refractivity contribution in [3.63, 3.8) is 0 Å². The number of carbonyl (C=O) groups excluding carboxylic acids is 1. The largest absolute Gasteiger partial charge is 0.352 e. The molecule has 6 heteroatoms. The van der Waals surface area contributed by atoms with E-state index in [9.17, 15) is 4.79 Å². The molecule has 2 N–H and O–H groups in total. The molecule has 3 rings (SSSR count). The Bertz CT molecular complexity index is 510. The minimum atomic E-state index is 0. The number of piperidine rings is 1. The summed E-state index contributed by atoms with van der Waals surface area (Å²) in [4.78, 5) is 14.7. The molecular weight excluding hydrogens is 369 g/mol. The van der Waals surface area contributed by atoms with Crippen molar-refractivity contribution in [1.29, 1.82) is 0 Å². The monoisotopic (exact) mass is 401 g/mol. The van der Waals surface area contributed by atoms with Crippen molar-refractivity contribution < 1.29 is 4.79 Å². The molecule has 1 aromatic carbocycles. The molecule has 0 saturated carbocycles. The van der Waals surface area contributed by atoms with Crippen LogP contribution in [0.4, 0.5) is 0 Å². The molecule has 1 aromatic rings. The highest BCUT2D eigenvalue weighted by molar-refractivity contribution is 5.85. The smallest absolute Gasteiger partial charge is 0.224 e. The second-order valence-electron chi connectivity index (χ2n) is 7.27. The average Bonchev–Trinajstić information content (AvgIpc) is 2.90. The SMILES string of the molecule is Cl.Cl.O=C(NCc1ccc(CN2CCCCCC2)cc1)C1CCCNC1. The zero-order valence-electron chi connectivity index (χ0n) is 15.5. The topological polar surface area (TPSA) is 44.4 Å². The van der Waals surface area contributed by atoms with Crippen molar-refractivity contribution >= 4 is 30.7 Å². The van der Waals surface area contributed by atoms with Crippen LogP contribution in [0.3, 0.4) is 0 Å². The van der Waals surface area contributed by atoms with E-state index in [1.807, 2.05) is 0 Å². The van der Waals surface area contributed by atoms with E-state index in [4.69, 9.17) is 0 Å². The van der Waals surface area contributed by atoms with Crippen molar-refractivity contribution in [3.8, 4) is 0 Å². The molecule has 0 aliphatic carbocycles. The van der Waals surface area contributed by atoms with Gasteiger partial charge in [0, 0.05) is 19.6 Å². The fourth-order valence-corrected chi connectivity index (χ4v) is 3.72. The maximum atomic E-state index is 12.2. The van der Waals surface area contributed by atoms with Gasteiger partial charge in [0.1, 0.15) is 0 Å². The van der Waals surface area contributed by atoms with Crippen molar-refractivity contribution in [2.45, 2.75) is 51.6 Å². The van der Waals surface area contributed by atoms with Crippen LogP contribution in [-0.4, -0.2) is 37.0 Å². The first-order valence-electron chi connectivity index (χ1n) is 9.60. The summed E-state index contributed by atoms with van der Waals surface area (Å²) in [6.07, 6.45) is 7.54. The number of likely N-dealkylation sites (tertiary alicyclic amines) is 1. The fraction of sp³-hybridized carbons (Fsp3) is 0.650. The highest BCUT2D eigenvalue weighted by Crippen LogP contribution is 2.14. The van der Waals surface area contributed by atoms with Gasteiger partial charge in [-0.25, -0.2) is 0 Å². The standard InChI is InChI=1S/C20H31N3O.2ClH/c24-20(19-6-5-11-21-15-19)22-14-17-7-9-18(10-8-17)16-23-12-3-1-2-4-13-23;;/h7-10,19,21H,1-6,11-16H2,(H,22,24);2*1H. The van der Waals surface area contributed by atoms with Crippen LogP contribution in [0.2, 0.25) is 0 Å². The molecule has 26 heavy (non-hydrogen) atoms. The molecule has 1 unspecified atom stereocenters. The molecule has 0 spiro atoms. The lowest BCUT2D eigenvalue weighted by atomic mass is 9.99. The number of hydrogen-bond acceptors (Lipinski definition) is 3. The number of hydrogen-bond donors (Lipinski definition) is 2. The van der Waals surface area contributed by atoms with Gasteiger partial charge in [-0.15, -0.1) is 24.8 Å². The van der Waals surface area contributed by atoms with Gasteiger partial charge in [0.15, 0.2) is 0 Å². The Morgan fingerprint density at radius 2 is 1.65 bits per heavy atom. The Kier molecular flexibility index (Phi) is 11.2. The van der Waals surface area contributed by atoms with Gasteiger partial charge < -0.3 is 10.6 Å². The number of benzene rings is 1. The second kappa shape index (κ2) is 12.6. The Labute approximate surface area is 170 Å². The highest BCUT2D eigenvalue weighted by atomic mass is 35.5. The van der Waals surface area contributed by atoms with Gasteiger partial charge in [0.25, 0.3) is 0 Å². The van der Waals surface area contributed by atoms with Gasteiger partial charge in [-0.1, -0.05) is 37.1 Å². The van der Waals surface area contributed by atoms with Gasteiger partial charge in [0.2, 0.25) is 5.91 Å². The summed E-state index contributed by atoms with van der Waals surface area (Å²) in [6, 6.07) is 8.75. The molecule has 0 bridgehead atoms. The maximum absolute atomic E-state index is 12.2. The first-order valence-corrected chi connectivity index (χ1v) is 9.60. The zero-order chi connectivity index (χ0) is 16.6. The van der Waals surface area contributed by atoms with Crippen molar-refractivity contribution in [3.05, 3.63) is 35.4 Å². The quantitative estimate of drug-likeness (QED) is 0.792. The summed E-state index contributed by atoms with van der Waals surface area (Å²) < 4.78 is 0. The van der Waals surface area contributed by atoms with E-state index in [0.29, 0.717) is 6.54 Å². The van der Waals surface area contributed by atoms with Crippen LogP contribution in [0.1, 0.15) is 49.7 Å². The molecule has 2 saturated heterocycles. The summed E-state index contributed by atoms with van der Waals surface area (Å²) in [5, 5.41) is 6.39. The van der Waals surface area contributed by atoms with E-state index >= 15 is 0 Å². The first kappa shape index (κ1) is 23.2. The summed E-state index contributed by atoms with van der Waals surface area (Å²) in [6.45, 7) is 6.02. The van der Waals surface area contributed by atoms with Gasteiger partial charge in [0.05, 0.1) is 5.92 Å². The van der Waals surface area contributed by atoms with Crippen molar-refractivity contribution in [2.75, 3.05) is 26.2 Å². The van der Waals surface area contributed by atoms with Crippen molar-refractivity contribution in [2.24, 2.45) is 5.92 Å². The highest BCUT2D eigenvalue weighted by Gasteiger charge is 2.20. The summed E-state index contributed by atoms with van der Waals surface area (Å²) in [7, 11) is 0. The summed E-state index contributed by atoms with van der Waals surface area (Å²) >= 11 is 0. The molecule has 4 nitrogen and oxygen atoms in total. The maximum Gasteiger partial charge on any atom is 0.224 e. The predicted molar refractivity (Wildman–Crippen MR) is 112 cm³/mol. The normalized spacial score (nSPS) is 21.0. The number of nitrogens with one attached hydrogen (secondary N) is 2. The number of rotatable bonds is 5. The predicted octanol–water partition coefficient (Wildman–Crippen LogP) is 3.52. The van der Waals surface area contributed by atoms with Gasteiger partial charge in [-0.2, -0.15) is 0 Å². The molecule has 2 fully saturated rings. The van der Waals surface area contributed by atoms with Gasteiger partial charge >= 0.3 is 0 Å². The van der Waals surface area contributed by atoms with Crippen LogP contribution in [0, 0.1) is 5.92 Å². The van der Waals surface area contributed by atoms with Crippen LogP contribution in [0.25, 0.3) is 0 Å². The summed E-state index contributed by atoms with van der Waals surface area (Å²) in [5.41, 5.74) is 2.56. The van der Waals surface area contributed by atoms with E-state index in [2.05, 4.69) is 39.8 Å². The van der Waals surface area contributed by atoms with Gasteiger partial charge in [-0.3, -0.25) is 9.69 Å². The van der Waals surface area contributed by atoms with Crippen LogP contribution in [0.15, 0.2) is 24.3 Å². The number of carbonyl (C=O) groups is 1. The van der Waals surface area contributed by atoms with Crippen molar-refractivity contribution in [1.82, 2.24) is 15.5 Å².